The summed E-state index contributed by atoms with van der Waals surface area (Å²) in [6.45, 7) is 3.71. The van der Waals surface area contributed by atoms with Gasteiger partial charge in [-0.2, -0.15) is 13.2 Å². The predicted molar refractivity (Wildman–Crippen MR) is 61.0 cm³/mol. The molecule has 0 saturated carbocycles. The van der Waals surface area contributed by atoms with Gasteiger partial charge < -0.3 is 4.90 Å². The average molecular weight is 257 g/mol. The molecule has 0 aliphatic carbocycles. The predicted octanol–water partition coefficient (Wildman–Crippen LogP) is 2.92. The molecule has 1 heterocycles. The van der Waals surface area contributed by atoms with Crippen LogP contribution in [0.2, 0.25) is 0 Å². The summed E-state index contributed by atoms with van der Waals surface area (Å²) in [6, 6.07) is 2.92. The van der Waals surface area contributed by atoms with Gasteiger partial charge in [0.15, 0.2) is 0 Å². The third-order valence-corrected chi connectivity index (χ3v) is 3.23. The number of aryl methyl sites for hydroxylation is 1. The lowest BCUT2D eigenvalue weighted by Gasteiger charge is -2.30. The number of hydrogen-bond donors (Lipinski definition) is 0. The van der Waals surface area contributed by atoms with Crippen LogP contribution in [-0.4, -0.2) is 17.4 Å². The van der Waals surface area contributed by atoms with Crippen LogP contribution >= 0.6 is 0 Å². The Bertz CT molecular complexity index is 494. The van der Waals surface area contributed by atoms with Crippen LogP contribution in [0.3, 0.4) is 0 Å². The molecule has 1 amide bonds. The van der Waals surface area contributed by atoms with E-state index in [0.717, 1.165) is 0 Å². The van der Waals surface area contributed by atoms with Gasteiger partial charge >= 0.3 is 6.18 Å². The van der Waals surface area contributed by atoms with E-state index in [1.165, 1.54) is 13.0 Å². The highest BCUT2D eigenvalue weighted by molar-refractivity contribution is 5.73. The first kappa shape index (κ1) is 12.9. The lowest BCUT2D eigenvalue weighted by atomic mass is 9.92. The van der Waals surface area contributed by atoms with Crippen molar-refractivity contribution in [1.82, 2.24) is 4.90 Å². The van der Waals surface area contributed by atoms with E-state index >= 15 is 0 Å². The van der Waals surface area contributed by atoms with Gasteiger partial charge in [0.1, 0.15) is 0 Å². The molecule has 0 atom stereocenters. The van der Waals surface area contributed by atoms with E-state index in [1.54, 1.807) is 17.9 Å². The summed E-state index contributed by atoms with van der Waals surface area (Å²) in [5.74, 6) is -0.101. The summed E-state index contributed by atoms with van der Waals surface area (Å²) < 4.78 is 38.8. The lowest BCUT2D eigenvalue weighted by Crippen LogP contribution is -2.35. The minimum absolute atomic E-state index is 0.101. The fourth-order valence-corrected chi connectivity index (χ4v) is 2.38. The normalized spacial score (nSPS) is 15.5. The number of nitrogens with zero attached hydrogens (tertiary/aromatic N) is 1. The summed E-state index contributed by atoms with van der Waals surface area (Å²) in [5, 5.41) is 0. The Morgan fingerprint density at radius 1 is 1.33 bits per heavy atom. The second kappa shape index (κ2) is 4.30. The highest BCUT2D eigenvalue weighted by Gasteiger charge is 2.35. The van der Waals surface area contributed by atoms with Crippen molar-refractivity contribution < 1.29 is 18.0 Å². The summed E-state index contributed by atoms with van der Waals surface area (Å²) in [6.07, 6.45) is -4.06. The molecular weight excluding hydrogens is 243 g/mol. The first-order valence-corrected chi connectivity index (χ1v) is 5.74. The molecule has 0 radical (unpaired) electrons. The molecule has 0 saturated heterocycles. The van der Waals surface area contributed by atoms with Gasteiger partial charge in [-0.1, -0.05) is 11.6 Å². The maximum atomic E-state index is 12.9. The van der Waals surface area contributed by atoms with Gasteiger partial charge in [0.2, 0.25) is 5.91 Å². The number of alkyl halides is 3. The van der Waals surface area contributed by atoms with E-state index in [4.69, 9.17) is 0 Å². The monoisotopic (exact) mass is 257 g/mol. The van der Waals surface area contributed by atoms with E-state index in [-0.39, 0.29) is 18.9 Å². The molecular formula is C13H14F3NO. The molecule has 0 N–H and O–H groups in total. The van der Waals surface area contributed by atoms with Gasteiger partial charge in [-0.05, 0) is 30.5 Å². The first-order valence-electron chi connectivity index (χ1n) is 5.74. The molecule has 0 aromatic heterocycles. The minimum Gasteiger partial charge on any atom is -0.338 e. The van der Waals surface area contributed by atoms with Gasteiger partial charge in [0.25, 0.3) is 0 Å². The quantitative estimate of drug-likeness (QED) is 0.699. The average Bonchev–Trinajstić information content (AvgIpc) is 2.25. The lowest BCUT2D eigenvalue weighted by molar-refractivity contribution is -0.138. The molecule has 0 fully saturated rings. The Labute approximate surface area is 103 Å². The minimum atomic E-state index is -4.32. The molecule has 1 aliphatic heterocycles. The third kappa shape index (κ3) is 2.35. The maximum absolute atomic E-state index is 12.9. The Morgan fingerprint density at radius 2 is 2.00 bits per heavy atom. The fourth-order valence-electron chi connectivity index (χ4n) is 2.38. The van der Waals surface area contributed by atoms with Crippen molar-refractivity contribution in [2.75, 3.05) is 6.54 Å². The zero-order chi connectivity index (χ0) is 13.5. The standard InChI is InChI=1S/C13H14F3NO/c1-8-5-10-7-17(9(2)18)4-3-11(10)12(6-8)13(14,15)16/h5-6H,3-4,7H2,1-2H3. The van der Waals surface area contributed by atoms with E-state index in [0.29, 0.717) is 23.2 Å². The van der Waals surface area contributed by atoms with E-state index < -0.39 is 11.7 Å². The molecule has 0 unspecified atom stereocenters. The van der Waals surface area contributed by atoms with Crippen LogP contribution in [0, 0.1) is 6.92 Å². The van der Waals surface area contributed by atoms with Crippen molar-refractivity contribution in [3.63, 3.8) is 0 Å². The number of benzene rings is 1. The van der Waals surface area contributed by atoms with Crippen LogP contribution in [0.15, 0.2) is 12.1 Å². The van der Waals surface area contributed by atoms with Crippen LogP contribution in [0.5, 0.6) is 0 Å². The number of fused-ring (bicyclic) bond motifs is 1. The zero-order valence-electron chi connectivity index (χ0n) is 10.3. The van der Waals surface area contributed by atoms with Crippen molar-refractivity contribution in [3.05, 3.63) is 34.4 Å². The Kier molecular flexibility index (Phi) is 3.09. The summed E-state index contributed by atoms with van der Waals surface area (Å²) in [4.78, 5) is 12.9. The maximum Gasteiger partial charge on any atom is 0.416 e. The van der Waals surface area contributed by atoms with Crippen LogP contribution in [0.4, 0.5) is 13.2 Å². The van der Waals surface area contributed by atoms with Gasteiger partial charge in [0.05, 0.1) is 5.56 Å². The number of rotatable bonds is 0. The third-order valence-electron chi connectivity index (χ3n) is 3.23. The fraction of sp³-hybridized carbons (Fsp3) is 0.462. The highest BCUT2D eigenvalue weighted by Crippen LogP contribution is 2.36. The SMILES string of the molecule is CC(=O)N1CCc2c(cc(C)cc2C(F)(F)F)C1. The van der Waals surface area contributed by atoms with Gasteiger partial charge in [0, 0.05) is 20.0 Å². The van der Waals surface area contributed by atoms with Gasteiger partial charge in [-0.25, -0.2) is 0 Å². The molecule has 1 aromatic rings. The van der Waals surface area contributed by atoms with Crippen molar-refractivity contribution in [3.8, 4) is 0 Å². The summed E-state index contributed by atoms with van der Waals surface area (Å²) >= 11 is 0. The van der Waals surface area contributed by atoms with Crippen molar-refractivity contribution in [2.24, 2.45) is 0 Å². The van der Waals surface area contributed by atoms with E-state index in [2.05, 4.69) is 0 Å². The Balaban J connectivity index is 2.47. The van der Waals surface area contributed by atoms with E-state index in [1.807, 2.05) is 0 Å². The molecule has 1 aliphatic rings. The molecule has 2 nitrogen and oxygen atoms in total. The second-order valence-corrected chi connectivity index (χ2v) is 4.64. The summed E-state index contributed by atoms with van der Waals surface area (Å²) in [5.41, 5.74) is 0.974. The molecule has 2 rings (SSSR count). The molecule has 0 bridgehead atoms. The van der Waals surface area contributed by atoms with Crippen LogP contribution in [0.1, 0.15) is 29.2 Å². The number of amides is 1. The van der Waals surface area contributed by atoms with Crippen molar-refractivity contribution in [1.29, 1.82) is 0 Å². The van der Waals surface area contributed by atoms with E-state index in [9.17, 15) is 18.0 Å². The Morgan fingerprint density at radius 3 is 2.56 bits per heavy atom. The zero-order valence-corrected chi connectivity index (χ0v) is 10.3. The number of halogens is 3. The second-order valence-electron chi connectivity index (χ2n) is 4.64. The smallest absolute Gasteiger partial charge is 0.338 e. The van der Waals surface area contributed by atoms with Gasteiger partial charge in [-0.3, -0.25) is 4.79 Å². The Hall–Kier alpha value is -1.52. The van der Waals surface area contributed by atoms with Gasteiger partial charge in [-0.15, -0.1) is 0 Å². The molecule has 0 spiro atoms. The number of hydrogen-bond acceptors (Lipinski definition) is 1. The summed E-state index contributed by atoms with van der Waals surface area (Å²) in [7, 11) is 0. The largest absolute Gasteiger partial charge is 0.416 e. The number of carbonyl (C=O) groups excluding carboxylic acids is 1. The first-order chi connectivity index (χ1) is 8.29. The molecule has 1 aromatic carbocycles. The van der Waals surface area contributed by atoms with Crippen LogP contribution in [0.25, 0.3) is 0 Å². The molecule has 18 heavy (non-hydrogen) atoms. The van der Waals surface area contributed by atoms with Crippen molar-refractivity contribution in [2.45, 2.75) is 33.0 Å². The topological polar surface area (TPSA) is 20.3 Å². The molecule has 5 heteroatoms. The van der Waals surface area contributed by atoms with Crippen LogP contribution < -0.4 is 0 Å². The number of carbonyl (C=O) groups is 1. The van der Waals surface area contributed by atoms with Crippen molar-refractivity contribution >= 4 is 5.91 Å². The van der Waals surface area contributed by atoms with Crippen LogP contribution in [-0.2, 0) is 23.9 Å². The highest BCUT2D eigenvalue weighted by atomic mass is 19.4. The molecule has 98 valence electrons.